The van der Waals surface area contributed by atoms with Gasteiger partial charge in [-0.05, 0) is 35.3 Å². The summed E-state index contributed by atoms with van der Waals surface area (Å²) in [6.45, 7) is 3.84. The third-order valence-electron chi connectivity index (χ3n) is 2.49. The van der Waals surface area contributed by atoms with Crippen LogP contribution in [-0.2, 0) is 9.53 Å². The second kappa shape index (κ2) is 7.43. The first-order valence-electron chi connectivity index (χ1n) is 6.07. The second-order valence-electron chi connectivity index (χ2n) is 3.98. The quantitative estimate of drug-likeness (QED) is 0.633. The van der Waals surface area contributed by atoms with E-state index in [1.807, 2.05) is 6.92 Å². The monoisotopic (exact) mass is 335 g/mol. The number of esters is 1. The molecule has 1 N–H and O–H groups in total. The summed E-state index contributed by atoms with van der Waals surface area (Å²) in [5, 5.41) is 2.69. The first-order chi connectivity index (χ1) is 8.99. The minimum atomic E-state index is -0.681. The topological polar surface area (TPSA) is 38.3 Å². The highest BCUT2D eigenvalue weighted by Crippen LogP contribution is 2.24. The Morgan fingerprint density at radius 1 is 1.37 bits per heavy atom. The zero-order valence-corrected chi connectivity index (χ0v) is 12.4. The molecule has 0 heterocycles. The SMILES string of the molecule is CCCC(Nc1cc(F)c(Br)cc1F)C(=O)OCC. The molecule has 0 spiro atoms. The molecule has 3 nitrogen and oxygen atoms in total. The van der Waals surface area contributed by atoms with Gasteiger partial charge in [0.05, 0.1) is 16.8 Å². The van der Waals surface area contributed by atoms with Crippen molar-refractivity contribution in [1.29, 1.82) is 0 Å². The van der Waals surface area contributed by atoms with Crippen molar-refractivity contribution in [3.8, 4) is 0 Å². The van der Waals surface area contributed by atoms with Gasteiger partial charge in [0.1, 0.15) is 17.7 Å². The summed E-state index contributed by atoms with van der Waals surface area (Å²) in [4.78, 5) is 11.7. The molecule has 0 saturated heterocycles. The Kier molecular flexibility index (Phi) is 6.21. The number of benzene rings is 1. The van der Waals surface area contributed by atoms with Gasteiger partial charge >= 0.3 is 5.97 Å². The minimum absolute atomic E-state index is 0.0405. The lowest BCUT2D eigenvalue weighted by Gasteiger charge is -2.18. The molecule has 0 aromatic heterocycles. The van der Waals surface area contributed by atoms with Gasteiger partial charge in [-0.15, -0.1) is 0 Å². The molecule has 0 bridgehead atoms. The number of hydrogen-bond acceptors (Lipinski definition) is 3. The maximum Gasteiger partial charge on any atom is 0.328 e. The highest BCUT2D eigenvalue weighted by molar-refractivity contribution is 9.10. The Bertz CT molecular complexity index is 455. The van der Waals surface area contributed by atoms with E-state index in [-0.39, 0.29) is 16.8 Å². The van der Waals surface area contributed by atoms with Crippen LogP contribution >= 0.6 is 15.9 Å². The Hall–Kier alpha value is -1.17. The second-order valence-corrected chi connectivity index (χ2v) is 4.84. The van der Waals surface area contributed by atoms with Gasteiger partial charge in [-0.2, -0.15) is 0 Å². The number of hydrogen-bond donors (Lipinski definition) is 1. The molecule has 1 rings (SSSR count). The summed E-state index contributed by atoms with van der Waals surface area (Å²) < 4.78 is 32.0. The first-order valence-corrected chi connectivity index (χ1v) is 6.86. The van der Waals surface area contributed by atoms with E-state index in [4.69, 9.17) is 4.74 Å². The molecule has 1 aromatic rings. The molecular formula is C13H16BrF2NO2. The Morgan fingerprint density at radius 3 is 2.63 bits per heavy atom. The zero-order chi connectivity index (χ0) is 14.4. The van der Waals surface area contributed by atoms with Gasteiger partial charge < -0.3 is 10.1 Å². The Balaban J connectivity index is 2.90. The summed E-state index contributed by atoms with van der Waals surface area (Å²) in [7, 11) is 0. The summed E-state index contributed by atoms with van der Waals surface area (Å²) in [5.41, 5.74) is -0.0489. The largest absolute Gasteiger partial charge is 0.464 e. The van der Waals surface area contributed by atoms with Gasteiger partial charge in [-0.3, -0.25) is 0 Å². The summed E-state index contributed by atoms with van der Waals surface area (Å²) >= 11 is 2.90. The van der Waals surface area contributed by atoms with Crippen LogP contribution in [0.1, 0.15) is 26.7 Å². The van der Waals surface area contributed by atoms with Crippen molar-refractivity contribution < 1.29 is 18.3 Å². The van der Waals surface area contributed by atoms with E-state index >= 15 is 0 Å². The van der Waals surface area contributed by atoms with Crippen LogP contribution in [0.3, 0.4) is 0 Å². The highest BCUT2D eigenvalue weighted by Gasteiger charge is 2.20. The molecule has 19 heavy (non-hydrogen) atoms. The first kappa shape index (κ1) is 15.9. The van der Waals surface area contributed by atoms with Gasteiger partial charge in [-0.1, -0.05) is 13.3 Å². The summed E-state index contributed by atoms with van der Waals surface area (Å²) in [5.74, 6) is -1.69. The summed E-state index contributed by atoms with van der Waals surface area (Å²) in [6, 6.07) is 1.35. The van der Waals surface area contributed by atoms with Gasteiger partial charge in [-0.25, -0.2) is 13.6 Å². The van der Waals surface area contributed by atoms with E-state index in [1.165, 1.54) is 0 Å². The molecule has 0 radical (unpaired) electrons. The van der Waals surface area contributed by atoms with Crippen molar-refractivity contribution in [2.75, 3.05) is 11.9 Å². The molecule has 0 saturated carbocycles. The van der Waals surface area contributed by atoms with Crippen LogP contribution in [0.25, 0.3) is 0 Å². The van der Waals surface area contributed by atoms with E-state index < -0.39 is 23.6 Å². The fourth-order valence-corrected chi connectivity index (χ4v) is 1.92. The average Bonchev–Trinajstić information content (AvgIpc) is 2.35. The van der Waals surface area contributed by atoms with Crippen LogP contribution in [0.4, 0.5) is 14.5 Å². The number of nitrogens with one attached hydrogen (secondary N) is 1. The third-order valence-corrected chi connectivity index (χ3v) is 3.10. The molecule has 6 heteroatoms. The molecule has 0 amide bonds. The lowest BCUT2D eigenvalue weighted by Crippen LogP contribution is -2.31. The van der Waals surface area contributed by atoms with Crippen LogP contribution in [0.5, 0.6) is 0 Å². The van der Waals surface area contributed by atoms with Crippen molar-refractivity contribution in [2.45, 2.75) is 32.7 Å². The standard InChI is InChI=1S/C13H16BrF2NO2/c1-3-5-11(13(18)19-4-2)17-12-7-9(15)8(14)6-10(12)16/h6-7,11,17H,3-5H2,1-2H3. The van der Waals surface area contributed by atoms with E-state index in [9.17, 15) is 13.6 Å². The zero-order valence-electron chi connectivity index (χ0n) is 10.8. The lowest BCUT2D eigenvalue weighted by atomic mass is 10.1. The molecule has 0 aliphatic carbocycles. The summed E-state index contributed by atoms with van der Waals surface area (Å²) in [6.07, 6.45) is 1.20. The van der Waals surface area contributed by atoms with E-state index in [0.717, 1.165) is 18.6 Å². The maximum atomic E-state index is 13.7. The van der Waals surface area contributed by atoms with Crippen molar-refractivity contribution >= 4 is 27.6 Å². The minimum Gasteiger partial charge on any atom is -0.464 e. The van der Waals surface area contributed by atoms with E-state index in [2.05, 4.69) is 21.2 Å². The molecule has 0 fully saturated rings. The fourth-order valence-electron chi connectivity index (χ4n) is 1.60. The average molecular weight is 336 g/mol. The number of halogens is 3. The van der Waals surface area contributed by atoms with Gasteiger partial charge in [0.25, 0.3) is 0 Å². The molecule has 106 valence electrons. The van der Waals surface area contributed by atoms with Crippen molar-refractivity contribution in [1.82, 2.24) is 0 Å². The van der Waals surface area contributed by atoms with Crippen LogP contribution in [0.15, 0.2) is 16.6 Å². The maximum absolute atomic E-state index is 13.7. The normalized spacial score (nSPS) is 12.1. The fraction of sp³-hybridized carbons (Fsp3) is 0.462. The molecule has 1 atom stereocenters. The molecule has 1 unspecified atom stereocenters. The van der Waals surface area contributed by atoms with Crippen LogP contribution in [-0.4, -0.2) is 18.6 Å². The predicted molar refractivity (Wildman–Crippen MR) is 73.0 cm³/mol. The molecule has 1 aromatic carbocycles. The molecule has 0 aliphatic rings. The van der Waals surface area contributed by atoms with Crippen LogP contribution in [0.2, 0.25) is 0 Å². The number of carbonyl (C=O) groups excluding carboxylic acids is 1. The lowest BCUT2D eigenvalue weighted by molar-refractivity contribution is -0.144. The number of carbonyl (C=O) groups is 1. The van der Waals surface area contributed by atoms with Gasteiger partial charge in [0.2, 0.25) is 0 Å². The van der Waals surface area contributed by atoms with E-state index in [0.29, 0.717) is 6.42 Å². The van der Waals surface area contributed by atoms with E-state index in [1.54, 1.807) is 6.92 Å². The van der Waals surface area contributed by atoms with Crippen LogP contribution in [0, 0.1) is 11.6 Å². The highest BCUT2D eigenvalue weighted by atomic mass is 79.9. The van der Waals surface area contributed by atoms with Crippen LogP contribution < -0.4 is 5.32 Å². The molecule has 0 aliphatic heterocycles. The van der Waals surface area contributed by atoms with Gasteiger partial charge in [0.15, 0.2) is 0 Å². The Labute approximate surface area is 119 Å². The van der Waals surface area contributed by atoms with Gasteiger partial charge in [0, 0.05) is 6.07 Å². The predicted octanol–water partition coefficient (Wildman–Crippen LogP) is 3.87. The van der Waals surface area contributed by atoms with Crippen molar-refractivity contribution in [2.24, 2.45) is 0 Å². The number of anilines is 1. The molecular weight excluding hydrogens is 320 g/mol. The van der Waals surface area contributed by atoms with Crippen molar-refractivity contribution in [3.05, 3.63) is 28.2 Å². The van der Waals surface area contributed by atoms with Crippen molar-refractivity contribution in [3.63, 3.8) is 0 Å². The Morgan fingerprint density at radius 2 is 2.05 bits per heavy atom. The third kappa shape index (κ3) is 4.45. The number of ether oxygens (including phenoxy) is 1. The smallest absolute Gasteiger partial charge is 0.328 e. The number of rotatable bonds is 6.